The first-order valence-corrected chi connectivity index (χ1v) is 5.66. The molecule has 0 N–H and O–H groups in total. The lowest BCUT2D eigenvalue weighted by molar-refractivity contribution is 0.122. The molecule has 3 heteroatoms. The molecule has 0 bridgehead atoms. The van der Waals surface area contributed by atoms with Crippen molar-refractivity contribution < 1.29 is 4.74 Å². The second kappa shape index (κ2) is 4.42. The maximum absolute atomic E-state index is 6.02. The summed E-state index contributed by atoms with van der Waals surface area (Å²) in [6, 6.07) is 4.05. The average Bonchev–Trinajstić information content (AvgIpc) is 2.17. The minimum Gasteiger partial charge on any atom is -0.378 e. The molecule has 1 aliphatic rings. The molecule has 0 atom stereocenters. The Morgan fingerprint density at radius 1 is 1.13 bits per heavy atom. The van der Waals surface area contributed by atoms with Crippen molar-refractivity contribution in [3.8, 4) is 0 Å². The minimum absolute atomic E-state index is 0.821. The van der Waals surface area contributed by atoms with Crippen molar-refractivity contribution in [1.82, 2.24) is 0 Å². The lowest BCUT2D eigenvalue weighted by Gasteiger charge is -2.31. The van der Waals surface area contributed by atoms with Crippen LogP contribution < -0.4 is 4.90 Å². The third kappa shape index (κ3) is 2.27. The second-order valence-electron chi connectivity index (χ2n) is 3.99. The Kier molecular flexibility index (Phi) is 3.17. The Morgan fingerprint density at radius 3 is 2.20 bits per heavy atom. The van der Waals surface area contributed by atoms with E-state index in [0.29, 0.717) is 0 Å². The number of morpholine rings is 1. The van der Waals surface area contributed by atoms with Gasteiger partial charge in [0.05, 0.1) is 13.2 Å². The Morgan fingerprint density at radius 2 is 1.67 bits per heavy atom. The minimum atomic E-state index is 0.821. The van der Waals surface area contributed by atoms with Gasteiger partial charge in [0.1, 0.15) is 0 Å². The van der Waals surface area contributed by atoms with Crippen LogP contribution in [0.1, 0.15) is 11.1 Å². The number of nitrogens with zero attached hydrogens (tertiary/aromatic N) is 1. The van der Waals surface area contributed by atoms with Gasteiger partial charge in [0, 0.05) is 23.8 Å². The van der Waals surface area contributed by atoms with Crippen molar-refractivity contribution in [1.29, 1.82) is 0 Å². The van der Waals surface area contributed by atoms with Gasteiger partial charge in [-0.05, 0) is 37.1 Å². The highest BCUT2D eigenvalue weighted by atomic mass is 35.5. The average molecular weight is 226 g/mol. The maximum Gasteiger partial charge on any atom is 0.0642 e. The lowest BCUT2D eigenvalue weighted by Crippen LogP contribution is -2.37. The van der Waals surface area contributed by atoms with E-state index in [2.05, 4.69) is 18.7 Å². The third-order valence-corrected chi connectivity index (χ3v) is 3.00. The van der Waals surface area contributed by atoms with E-state index in [1.165, 1.54) is 16.8 Å². The molecule has 1 aliphatic heterocycles. The van der Waals surface area contributed by atoms with Crippen LogP contribution >= 0.6 is 11.6 Å². The summed E-state index contributed by atoms with van der Waals surface area (Å²) in [4.78, 5) is 2.38. The summed E-state index contributed by atoms with van der Waals surface area (Å²) in [6.07, 6.45) is 0. The first-order chi connectivity index (χ1) is 7.18. The summed E-state index contributed by atoms with van der Waals surface area (Å²) in [5, 5.41) is 0.821. The monoisotopic (exact) mass is 225 g/mol. The van der Waals surface area contributed by atoms with Gasteiger partial charge in [-0.15, -0.1) is 0 Å². The Balaban J connectivity index is 2.33. The number of anilines is 1. The van der Waals surface area contributed by atoms with Crippen LogP contribution in [0.2, 0.25) is 5.02 Å². The van der Waals surface area contributed by atoms with Gasteiger partial charge in [0.2, 0.25) is 0 Å². The molecule has 1 fully saturated rings. The Labute approximate surface area is 95.8 Å². The molecule has 1 heterocycles. The van der Waals surface area contributed by atoms with Crippen LogP contribution in [0.5, 0.6) is 0 Å². The standard InChI is InChI=1S/C12H16ClNO/c1-9-7-11(13)8-10(2)12(9)14-3-5-15-6-4-14/h7-8H,3-6H2,1-2H3. The highest BCUT2D eigenvalue weighted by molar-refractivity contribution is 6.30. The number of halogens is 1. The number of rotatable bonds is 1. The predicted molar refractivity (Wildman–Crippen MR) is 64.0 cm³/mol. The van der Waals surface area contributed by atoms with Gasteiger partial charge in [0.25, 0.3) is 0 Å². The van der Waals surface area contributed by atoms with Crippen molar-refractivity contribution in [3.63, 3.8) is 0 Å². The zero-order valence-corrected chi connectivity index (χ0v) is 9.97. The van der Waals surface area contributed by atoms with Crippen LogP contribution in [0.4, 0.5) is 5.69 Å². The van der Waals surface area contributed by atoms with Crippen molar-refractivity contribution in [3.05, 3.63) is 28.3 Å². The summed E-state index contributed by atoms with van der Waals surface area (Å²) < 4.78 is 5.36. The van der Waals surface area contributed by atoms with Gasteiger partial charge in [0.15, 0.2) is 0 Å². The van der Waals surface area contributed by atoms with Crippen LogP contribution in [0.15, 0.2) is 12.1 Å². The molecule has 0 spiro atoms. The van der Waals surface area contributed by atoms with Gasteiger partial charge in [-0.2, -0.15) is 0 Å². The lowest BCUT2D eigenvalue weighted by atomic mass is 10.1. The van der Waals surface area contributed by atoms with Gasteiger partial charge >= 0.3 is 0 Å². The molecule has 15 heavy (non-hydrogen) atoms. The fourth-order valence-electron chi connectivity index (χ4n) is 2.19. The Hall–Kier alpha value is -0.730. The van der Waals surface area contributed by atoms with Crippen LogP contribution in [0, 0.1) is 13.8 Å². The molecule has 0 saturated carbocycles. The van der Waals surface area contributed by atoms with Crippen molar-refractivity contribution in [2.24, 2.45) is 0 Å². The SMILES string of the molecule is Cc1cc(Cl)cc(C)c1N1CCOCC1. The van der Waals surface area contributed by atoms with Gasteiger partial charge in [-0.25, -0.2) is 0 Å². The third-order valence-electron chi connectivity index (χ3n) is 2.78. The normalized spacial score (nSPS) is 16.9. The molecular formula is C12H16ClNO. The molecule has 82 valence electrons. The van der Waals surface area contributed by atoms with E-state index in [-0.39, 0.29) is 0 Å². The first-order valence-electron chi connectivity index (χ1n) is 5.28. The van der Waals surface area contributed by atoms with E-state index < -0.39 is 0 Å². The highest BCUT2D eigenvalue weighted by Crippen LogP contribution is 2.28. The van der Waals surface area contributed by atoms with E-state index in [4.69, 9.17) is 16.3 Å². The maximum atomic E-state index is 6.02. The zero-order valence-electron chi connectivity index (χ0n) is 9.22. The number of hydrogen-bond acceptors (Lipinski definition) is 2. The van der Waals surface area contributed by atoms with E-state index in [9.17, 15) is 0 Å². The van der Waals surface area contributed by atoms with Crippen LogP contribution in [-0.4, -0.2) is 26.3 Å². The van der Waals surface area contributed by atoms with Crippen LogP contribution in [0.25, 0.3) is 0 Å². The molecule has 2 rings (SSSR count). The molecule has 0 unspecified atom stereocenters. The zero-order chi connectivity index (χ0) is 10.8. The van der Waals surface area contributed by atoms with Gasteiger partial charge in [-0.3, -0.25) is 0 Å². The number of hydrogen-bond donors (Lipinski definition) is 0. The quantitative estimate of drug-likeness (QED) is 0.729. The summed E-state index contributed by atoms with van der Waals surface area (Å²) in [6.45, 7) is 7.82. The topological polar surface area (TPSA) is 12.5 Å². The number of benzene rings is 1. The molecule has 1 aromatic rings. The van der Waals surface area contributed by atoms with E-state index in [0.717, 1.165) is 31.3 Å². The second-order valence-corrected chi connectivity index (χ2v) is 4.42. The van der Waals surface area contributed by atoms with Gasteiger partial charge < -0.3 is 9.64 Å². The number of ether oxygens (including phenoxy) is 1. The molecule has 1 saturated heterocycles. The molecule has 0 amide bonds. The number of aryl methyl sites for hydroxylation is 2. The predicted octanol–water partition coefficient (Wildman–Crippen LogP) is 2.79. The first kappa shape index (κ1) is 10.8. The summed E-state index contributed by atoms with van der Waals surface area (Å²) in [5.74, 6) is 0. The van der Waals surface area contributed by atoms with Crippen molar-refractivity contribution in [2.45, 2.75) is 13.8 Å². The van der Waals surface area contributed by atoms with Crippen LogP contribution in [-0.2, 0) is 4.74 Å². The van der Waals surface area contributed by atoms with E-state index in [1.54, 1.807) is 0 Å². The largest absolute Gasteiger partial charge is 0.378 e. The van der Waals surface area contributed by atoms with Crippen LogP contribution in [0.3, 0.4) is 0 Å². The Bertz CT molecular complexity index is 336. The molecule has 2 nitrogen and oxygen atoms in total. The van der Waals surface area contributed by atoms with Gasteiger partial charge in [-0.1, -0.05) is 11.6 Å². The van der Waals surface area contributed by atoms with Crippen molar-refractivity contribution >= 4 is 17.3 Å². The summed E-state index contributed by atoms with van der Waals surface area (Å²) in [5.41, 5.74) is 3.83. The molecule has 0 aromatic heterocycles. The molecule has 1 aromatic carbocycles. The molecular weight excluding hydrogens is 210 g/mol. The molecule has 0 aliphatic carbocycles. The summed E-state index contributed by atoms with van der Waals surface area (Å²) in [7, 11) is 0. The fourth-order valence-corrected chi connectivity index (χ4v) is 2.52. The molecule has 0 radical (unpaired) electrons. The fraction of sp³-hybridized carbons (Fsp3) is 0.500. The van der Waals surface area contributed by atoms with E-state index in [1.807, 2.05) is 12.1 Å². The van der Waals surface area contributed by atoms with E-state index >= 15 is 0 Å². The highest BCUT2D eigenvalue weighted by Gasteiger charge is 2.15. The summed E-state index contributed by atoms with van der Waals surface area (Å²) >= 11 is 6.02. The van der Waals surface area contributed by atoms with Crippen molar-refractivity contribution in [2.75, 3.05) is 31.2 Å². The smallest absolute Gasteiger partial charge is 0.0642 e.